The van der Waals surface area contributed by atoms with Gasteiger partial charge in [0.15, 0.2) is 0 Å². The Bertz CT molecular complexity index is 770. The summed E-state index contributed by atoms with van der Waals surface area (Å²) >= 11 is 0. The van der Waals surface area contributed by atoms with Gasteiger partial charge in [-0.25, -0.2) is 17.9 Å². The van der Waals surface area contributed by atoms with Crippen molar-refractivity contribution < 1.29 is 17.6 Å². The fraction of sp³-hybridized carbons (Fsp3) is 0.0909. The number of nitrogens with zero attached hydrogens (tertiary/aromatic N) is 1. The number of anilines is 1. The molecule has 4 N–H and O–H groups in total. The van der Waals surface area contributed by atoms with E-state index in [1.807, 2.05) is 0 Å². The van der Waals surface area contributed by atoms with Crippen LogP contribution in [0.1, 0.15) is 16.1 Å². The lowest BCUT2D eigenvalue weighted by Crippen LogP contribution is -2.15. The zero-order valence-electron chi connectivity index (χ0n) is 10.3. The molecule has 0 saturated carbocycles. The number of aromatic amines is 1. The molecule has 0 radical (unpaired) electrons. The van der Waals surface area contributed by atoms with Crippen molar-refractivity contribution in [3.63, 3.8) is 0 Å². The van der Waals surface area contributed by atoms with Crippen LogP contribution in [-0.2, 0) is 10.0 Å². The Balaban J connectivity index is 2.33. The molecule has 2 aromatic rings. The minimum atomic E-state index is -4.06. The van der Waals surface area contributed by atoms with Gasteiger partial charge in [-0.15, -0.1) is 0 Å². The molecule has 0 aliphatic rings. The summed E-state index contributed by atoms with van der Waals surface area (Å²) in [6.07, 6.45) is 1.31. The Kier molecular flexibility index (Phi) is 3.55. The highest BCUT2D eigenvalue weighted by atomic mass is 32.2. The zero-order valence-corrected chi connectivity index (χ0v) is 11.2. The molecule has 1 aromatic carbocycles. The number of H-pyrrole nitrogens is 1. The third-order valence-electron chi connectivity index (χ3n) is 2.53. The van der Waals surface area contributed by atoms with Crippen molar-refractivity contribution in [1.29, 1.82) is 0 Å². The van der Waals surface area contributed by atoms with Gasteiger partial charge < -0.3 is 5.32 Å². The number of halogens is 1. The first-order chi connectivity index (χ1) is 9.27. The molecule has 7 nitrogen and oxygen atoms in total. The van der Waals surface area contributed by atoms with E-state index in [0.29, 0.717) is 5.69 Å². The highest BCUT2D eigenvalue weighted by Crippen LogP contribution is 2.18. The number of nitrogens with one attached hydrogen (secondary N) is 2. The second-order valence-corrected chi connectivity index (χ2v) is 5.64. The molecule has 1 aromatic heterocycles. The number of amides is 1. The highest BCUT2D eigenvalue weighted by molar-refractivity contribution is 7.89. The minimum absolute atomic E-state index is 0.0142. The van der Waals surface area contributed by atoms with E-state index in [-0.39, 0.29) is 11.3 Å². The Morgan fingerprint density at radius 1 is 1.40 bits per heavy atom. The minimum Gasteiger partial charge on any atom is -0.322 e. The number of nitrogens with two attached hydrogens (primary N) is 1. The van der Waals surface area contributed by atoms with Crippen LogP contribution in [0.5, 0.6) is 0 Å². The van der Waals surface area contributed by atoms with Gasteiger partial charge in [-0.2, -0.15) is 5.10 Å². The molecule has 2 rings (SSSR count). The molecule has 0 aliphatic carbocycles. The SMILES string of the molecule is Cc1[nH]ncc1C(=O)Nc1cc(F)cc(S(N)(=O)=O)c1. The zero-order chi connectivity index (χ0) is 14.9. The van der Waals surface area contributed by atoms with Gasteiger partial charge in [-0.05, 0) is 25.1 Å². The normalized spacial score (nSPS) is 11.3. The van der Waals surface area contributed by atoms with E-state index >= 15 is 0 Å². The molecule has 0 fully saturated rings. The van der Waals surface area contributed by atoms with E-state index in [2.05, 4.69) is 15.5 Å². The first-order valence-corrected chi connectivity index (χ1v) is 6.97. The van der Waals surface area contributed by atoms with Crippen LogP contribution in [0.3, 0.4) is 0 Å². The van der Waals surface area contributed by atoms with E-state index in [9.17, 15) is 17.6 Å². The summed E-state index contributed by atoms with van der Waals surface area (Å²) < 4.78 is 35.7. The van der Waals surface area contributed by atoms with Crippen molar-refractivity contribution in [3.05, 3.63) is 41.5 Å². The van der Waals surface area contributed by atoms with Crippen LogP contribution in [0.15, 0.2) is 29.3 Å². The van der Waals surface area contributed by atoms with E-state index in [0.717, 1.165) is 18.2 Å². The number of aryl methyl sites for hydroxylation is 1. The van der Waals surface area contributed by atoms with Gasteiger partial charge in [0, 0.05) is 11.4 Å². The largest absolute Gasteiger partial charge is 0.322 e. The molecule has 1 heterocycles. The summed E-state index contributed by atoms with van der Waals surface area (Å²) in [5.41, 5.74) is 0.789. The van der Waals surface area contributed by atoms with Crippen LogP contribution in [0.25, 0.3) is 0 Å². The second-order valence-electron chi connectivity index (χ2n) is 4.08. The summed E-state index contributed by atoms with van der Waals surface area (Å²) in [5.74, 6) is -1.36. The number of hydrogen-bond donors (Lipinski definition) is 3. The van der Waals surface area contributed by atoms with Crippen molar-refractivity contribution in [2.45, 2.75) is 11.8 Å². The van der Waals surface area contributed by atoms with Gasteiger partial charge in [0.25, 0.3) is 5.91 Å². The molecule has 0 bridgehead atoms. The van der Waals surface area contributed by atoms with Gasteiger partial charge >= 0.3 is 0 Å². The third-order valence-corrected chi connectivity index (χ3v) is 3.43. The Labute approximate surface area is 114 Å². The van der Waals surface area contributed by atoms with Crippen LogP contribution < -0.4 is 10.5 Å². The molecule has 1 amide bonds. The molecular formula is C11H11FN4O3S. The van der Waals surface area contributed by atoms with Gasteiger partial charge in [0.2, 0.25) is 10.0 Å². The predicted octanol–water partition coefficient (Wildman–Crippen LogP) is 0.757. The second kappa shape index (κ2) is 5.02. The van der Waals surface area contributed by atoms with Crippen molar-refractivity contribution in [2.75, 3.05) is 5.32 Å². The Morgan fingerprint density at radius 2 is 2.10 bits per heavy atom. The molecule has 0 spiro atoms. The lowest BCUT2D eigenvalue weighted by atomic mass is 10.2. The van der Waals surface area contributed by atoms with Crippen LogP contribution in [-0.4, -0.2) is 24.5 Å². The van der Waals surface area contributed by atoms with Gasteiger partial charge in [-0.3, -0.25) is 9.89 Å². The third kappa shape index (κ3) is 3.00. The van der Waals surface area contributed by atoms with Crippen LogP contribution in [0.2, 0.25) is 0 Å². The maximum absolute atomic E-state index is 13.3. The van der Waals surface area contributed by atoms with E-state index in [1.165, 1.54) is 6.20 Å². The fourth-order valence-electron chi connectivity index (χ4n) is 1.58. The summed E-state index contributed by atoms with van der Waals surface area (Å²) in [6, 6.07) is 2.84. The average molecular weight is 298 g/mol. The molecule has 20 heavy (non-hydrogen) atoms. The first-order valence-electron chi connectivity index (χ1n) is 5.42. The Hall–Kier alpha value is -2.26. The standard InChI is InChI=1S/C11H11FN4O3S/c1-6-10(5-14-16-6)11(17)15-8-2-7(12)3-9(4-8)20(13,18)19/h2-5H,1H3,(H,14,16)(H,15,17)(H2,13,18,19). The molecule has 0 unspecified atom stereocenters. The monoisotopic (exact) mass is 298 g/mol. The first kappa shape index (κ1) is 14.2. The highest BCUT2D eigenvalue weighted by Gasteiger charge is 2.15. The molecule has 0 aliphatic heterocycles. The summed E-state index contributed by atoms with van der Waals surface area (Å²) in [6.45, 7) is 1.64. The predicted molar refractivity (Wildman–Crippen MR) is 69.1 cm³/mol. The number of hydrogen-bond acceptors (Lipinski definition) is 4. The molecule has 0 saturated heterocycles. The quantitative estimate of drug-likeness (QED) is 0.775. The maximum atomic E-state index is 13.3. The lowest BCUT2D eigenvalue weighted by molar-refractivity contribution is 0.102. The Morgan fingerprint density at radius 3 is 2.65 bits per heavy atom. The lowest BCUT2D eigenvalue weighted by Gasteiger charge is -2.06. The summed E-state index contributed by atoms with van der Waals surface area (Å²) in [4.78, 5) is 11.5. The fourth-order valence-corrected chi connectivity index (χ4v) is 2.15. The average Bonchev–Trinajstić information content (AvgIpc) is 2.73. The van der Waals surface area contributed by atoms with Crippen LogP contribution in [0.4, 0.5) is 10.1 Å². The maximum Gasteiger partial charge on any atom is 0.259 e. The molecular weight excluding hydrogens is 287 g/mol. The smallest absolute Gasteiger partial charge is 0.259 e. The molecule has 106 valence electrons. The summed E-state index contributed by atoms with van der Waals surface area (Å²) in [5, 5.41) is 13.6. The number of carbonyl (C=O) groups is 1. The van der Waals surface area contributed by atoms with E-state index < -0.39 is 26.6 Å². The van der Waals surface area contributed by atoms with Gasteiger partial charge in [0.1, 0.15) is 5.82 Å². The number of aromatic nitrogens is 2. The van der Waals surface area contributed by atoms with E-state index in [1.54, 1.807) is 6.92 Å². The number of carbonyl (C=O) groups excluding carboxylic acids is 1. The van der Waals surface area contributed by atoms with Crippen molar-refractivity contribution in [3.8, 4) is 0 Å². The number of benzene rings is 1. The van der Waals surface area contributed by atoms with Crippen molar-refractivity contribution in [1.82, 2.24) is 10.2 Å². The van der Waals surface area contributed by atoms with Gasteiger partial charge in [0.05, 0.1) is 16.7 Å². The number of sulfonamides is 1. The molecule has 0 atom stereocenters. The topological polar surface area (TPSA) is 118 Å². The summed E-state index contributed by atoms with van der Waals surface area (Å²) in [7, 11) is -4.06. The van der Waals surface area contributed by atoms with Crippen LogP contribution >= 0.6 is 0 Å². The van der Waals surface area contributed by atoms with Crippen LogP contribution in [0, 0.1) is 12.7 Å². The molecule has 9 heteroatoms. The number of primary sulfonamides is 1. The van der Waals surface area contributed by atoms with Crippen molar-refractivity contribution in [2.24, 2.45) is 5.14 Å². The van der Waals surface area contributed by atoms with Gasteiger partial charge in [-0.1, -0.05) is 0 Å². The van der Waals surface area contributed by atoms with E-state index in [4.69, 9.17) is 5.14 Å². The number of rotatable bonds is 3. The van der Waals surface area contributed by atoms with Crippen molar-refractivity contribution >= 4 is 21.6 Å².